The van der Waals surface area contributed by atoms with Crippen LogP contribution in [-0.4, -0.2) is 55.7 Å². The molecule has 0 unspecified atom stereocenters. The van der Waals surface area contributed by atoms with Crippen molar-refractivity contribution < 1.29 is 5.11 Å². The van der Waals surface area contributed by atoms with Crippen molar-refractivity contribution in [3.63, 3.8) is 0 Å². The van der Waals surface area contributed by atoms with E-state index >= 15 is 0 Å². The number of halogens is 1. The Morgan fingerprint density at radius 2 is 1.77 bits per heavy atom. The predicted octanol–water partition coefficient (Wildman–Crippen LogP) is 2.99. The van der Waals surface area contributed by atoms with Gasteiger partial charge in [0.25, 0.3) is 0 Å². The second-order valence-electron chi connectivity index (χ2n) is 6.28. The van der Waals surface area contributed by atoms with Crippen molar-refractivity contribution >= 4 is 23.2 Å². The topological polar surface area (TPSA) is 51.1 Å². The molecule has 2 N–H and O–H groups in total. The molecule has 1 fully saturated rings. The SMILES string of the molecule is CN=C(NCCc1ccccc1Cl)N1CCN(c2ccccc2O)CC1. The first kappa shape index (κ1) is 18.4. The quantitative estimate of drug-likeness (QED) is 0.640. The number of rotatable bonds is 4. The van der Waals surface area contributed by atoms with Gasteiger partial charge in [-0.2, -0.15) is 0 Å². The van der Waals surface area contributed by atoms with E-state index in [4.69, 9.17) is 11.6 Å². The van der Waals surface area contributed by atoms with Crippen LogP contribution in [0.4, 0.5) is 5.69 Å². The maximum Gasteiger partial charge on any atom is 0.193 e. The summed E-state index contributed by atoms with van der Waals surface area (Å²) in [5.41, 5.74) is 2.04. The van der Waals surface area contributed by atoms with Crippen LogP contribution in [0.3, 0.4) is 0 Å². The van der Waals surface area contributed by atoms with E-state index in [0.717, 1.165) is 61.4 Å². The highest BCUT2D eigenvalue weighted by Gasteiger charge is 2.21. The first-order chi connectivity index (χ1) is 12.7. The maximum absolute atomic E-state index is 10.0. The van der Waals surface area contributed by atoms with Crippen molar-refractivity contribution in [1.29, 1.82) is 0 Å². The molecule has 0 saturated carbocycles. The molecule has 0 spiro atoms. The molecule has 0 aromatic heterocycles. The molecule has 0 bridgehead atoms. The first-order valence-corrected chi connectivity index (χ1v) is 9.29. The minimum Gasteiger partial charge on any atom is -0.506 e. The number of para-hydroxylation sites is 2. The van der Waals surface area contributed by atoms with Gasteiger partial charge < -0.3 is 20.2 Å². The number of phenols is 1. The fourth-order valence-corrected chi connectivity index (χ4v) is 3.46. The highest BCUT2D eigenvalue weighted by molar-refractivity contribution is 6.31. The fraction of sp³-hybridized carbons (Fsp3) is 0.350. The van der Waals surface area contributed by atoms with Gasteiger partial charge in [0.05, 0.1) is 5.69 Å². The van der Waals surface area contributed by atoms with Gasteiger partial charge in [-0.15, -0.1) is 0 Å². The van der Waals surface area contributed by atoms with Crippen LogP contribution >= 0.6 is 11.6 Å². The number of nitrogens with zero attached hydrogens (tertiary/aromatic N) is 3. The zero-order chi connectivity index (χ0) is 18.4. The van der Waals surface area contributed by atoms with Crippen molar-refractivity contribution in [2.24, 2.45) is 4.99 Å². The van der Waals surface area contributed by atoms with E-state index in [1.165, 1.54) is 0 Å². The summed E-state index contributed by atoms with van der Waals surface area (Å²) < 4.78 is 0. The Labute approximate surface area is 159 Å². The molecule has 1 aliphatic rings. The number of piperazine rings is 1. The molecule has 2 aromatic rings. The van der Waals surface area contributed by atoms with E-state index in [2.05, 4.69) is 26.2 Å². The minimum absolute atomic E-state index is 0.336. The highest BCUT2D eigenvalue weighted by atomic mass is 35.5. The van der Waals surface area contributed by atoms with Crippen LogP contribution in [0.1, 0.15) is 5.56 Å². The molecule has 1 heterocycles. The Bertz CT molecular complexity index is 757. The van der Waals surface area contributed by atoms with E-state index in [0.29, 0.717) is 5.75 Å². The van der Waals surface area contributed by atoms with Gasteiger partial charge >= 0.3 is 0 Å². The van der Waals surface area contributed by atoms with Crippen LogP contribution < -0.4 is 10.2 Å². The van der Waals surface area contributed by atoms with Gasteiger partial charge in [0.1, 0.15) is 5.75 Å². The van der Waals surface area contributed by atoms with E-state index in [1.807, 2.05) is 43.4 Å². The molecule has 0 radical (unpaired) electrons. The molecule has 0 amide bonds. The molecular weight excluding hydrogens is 348 g/mol. The normalized spacial score (nSPS) is 15.2. The van der Waals surface area contributed by atoms with Gasteiger partial charge in [0.15, 0.2) is 5.96 Å². The van der Waals surface area contributed by atoms with Gasteiger partial charge in [-0.25, -0.2) is 0 Å². The summed E-state index contributed by atoms with van der Waals surface area (Å²) in [6.07, 6.45) is 0.858. The van der Waals surface area contributed by atoms with Crippen LogP contribution in [0.5, 0.6) is 5.75 Å². The van der Waals surface area contributed by atoms with E-state index in [-0.39, 0.29) is 0 Å². The number of hydrogen-bond donors (Lipinski definition) is 2. The standard InChI is InChI=1S/C20H25ClN4O/c1-22-20(23-11-10-16-6-2-3-7-17(16)21)25-14-12-24(13-15-25)18-8-4-5-9-19(18)26/h2-9,26H,10-15H2,1H3,(H,22,23). The number of nitrogens with one attached hydrogen (secondary N) is 1. The van der Waals surface area contributed by atoms with E-state index in [9.17, 15) is 5.11 Å². The molecular formula is C20H25ClN4O. The zero-order valence-corrected chi connectivity index (χ0v) is 15.8. The summed E-state index contributed by atoms with van der Waals surface area (Å²) in [5.74, 6) is 1.25. The van der Waals surface area contributed by atoms with Gasteiger partial charge in [0, 0.05) is 44.8 Å². The molecule has 0 atom stereocenters. The van der Waals surface area contributed by atoms with Crippen molar-refractivity contribution in [3.8, 4) is 5.75 Å². The maximum atomic E-state index is 10.0. The second-order valence-corrected chi connectivity index (χ2v) is 6.69. The van der Waals surface area contributed by atoms with E-state index < -0.39 is 0 Å². The highest BCUT2D eigenvalue weighted by Crippen LogP contribution is 2.27. The number of aromatic hydroxyl groups is 1. The molecule has 2 aromatic carbocycles. The summed E-state index contributed by atoms with van der Waals surface area (Å²) in [5, 5.41) is 14.3. The third-order valence-corrected chi connectivity index (χ3v) is 5.02. The van der Waals surface area contributed by atoms with Crippen molar-refractivity contribution in [3.05, 3.63) is 59.1 Å². The number of hydrogen-bond acceptors (Lipinski definition) is 3. The molecule has 0 aliphatic carbocycles. The lowest BCUT2D eigenvalue weighted by Crippen LogP contribution is -2.52. The Kier molecular flexibility index (Phi) is 6.23. The number of phenolic OH excluding ortho intramolecular Hbond substituents is 1. The number of aliphatic imine (C=N–C) groups is 1. The summed E-state index contributed by atoms with van der Waals surface area (Å²) in [7, 11) is 1.81. The summed E-state index contributed by atoms with van der Waals surface area (Å²) in [6, 6.07) is 15.4. The van der Waals surface area contributed by atoms with Crippen LogP contribution in [-0.2, 0) is 6.42 Å². The van der Waals surface area contributed by atoms with Crippen LogP contribution in [0, 0.1) is 0 Å². The van der Waals surface area contributed by atoms with Crippen molar-refractivity contribution in [2.75, 3.05) is 44.7 Å². The molecule has 26 heavy (non-hydrogen) atoms. The third-order valence-electron chi connectivity index (χ3n) is 4.65. The Hall–Kier alpha value is -2.40. The van der Waals surface area contributed by atoms with Gasteiger partial charge in [-0.3, -0.25) is 4.99 Å². The molecule has 5 nitrogen and oxygen atoms in total. The smallest absolute Gasteiger partial charge is 0.193 e. The molecule has 3 rings (SSSR count). The second kappa shape index (κ2) is 8.81. The molecule has 1 aliphatic heterocycles. The van der Waals surface area contributed by atoms with Crippen LogP contribution in [0.2, 0.25) is 5.02 Å². The molecule has 138 valence electrons. The fourth-order valence-electron chi connectivity index (χ4n) is 3.23. The average molecular weight is 373 g/mol. The van der Waals surface area contributed by atoms with E-state index in [1.54, 1.807) is 6.07 Å². The monoisotopic (exact) mass is 372 g/mol. The summed E-state index contributed by atoms with van der Waals surface area (Å²) in [6.45, 7) is 4.21. The summed E-state index contributed by atoms with van der Waals surface area (Å²) in [4.78, 5) is 8.88. The Morgan fingerprint density at radius 1 is 1.08 bits per heavy atom. The lowest BCUT2D eigenvalue weighted by Gasteiger charge is -2.37. The number of guanidine groups is 1. The average Bonchev–Trinajstić information content (AvgIpc) is 2.67. The number of anilines is 1. The predicted molar refractivity (Wildman–Crippen MR) is 108 cm³/mol. The third kappa shape index (κ3) is 4.41. The van der Waals surface area contributed by atoms with Crippen LogP contribution in [0.15, 0.2) is 53.5 Å². The van der Waals surface area contributed by atoms with Crippen molar-refractivity contribution in [2.45, 2.75) is 6.42 Å². The number of benzene rings is 2. The molecule has 6 heteroatoms. The van der Waals surface area contributed by atoms with Gasteiger partial charge in [0.2, 0.25) is 0 Å². The van der Waals surface area contributed by atoms with Crippen molar-refractivity contribution in [1.82, 2.24) is 10.2 Å². The van der Waals surface area contributed by atoms with Gasteiger partial charge in [-0.05, 0) is 30.2 Å². The lowest BCUT2D eigenvalue weighted by molar-refractivity contribution is 0.370. The Balaban J connectivity index is 1.51. The first-order valence-electron chi connectivity index (χ1n) is 8.91. The summed E-state index contributed by atoms with van der Waals surface area (Å²) >= 11 is 6.21. The van der Waals surface area contributed by atoms with Crippen LogP contribution in [0.25, 0.3) is 0 Å². The van der Waals surface area contributed by atoms with Gasteiger partial charge in [-0.1, -0.05) is 41.9 Å². The minimum atomic E-state index is 0.336. The zero-order valence-electron chi connectivity index (χ0n) is 15.0. The molecule has 1 saturated heterocycles. The largest absolute Gasteiger partial charge is 0.506 e. The lowest BCUT2D eigenvalue weighted by atomic mass is 10.1. The Morgan fingerprint density at radius 3 is 2.46 bits per heavy atom.